The molecule has 2 aromatic carbocycles. The summed E-state index contributed by atoms with van der Waals surface area (Å²) in [7, 11) is 0. The van der Waals surface area contributed by atoms with Crippen LogP contribution in [0.2, 0.25) is 0 Å². The number of nitrogen functional groups attached to an aromatic ring is 1. The second-order valence-electron chi connectivity index (χ2n) is 5.63. The molecule has 0 saturated carbocycles. The number of benzene rings is 2. The van der Waals surface area contributed by atoms with Gasteiger partial charge in [0.2, 0.25) is 0 Å². The third-order valence-corrected chi connectivity index (χ3v) is 4.98. The van der Waals surface area contributed by atoms with Crippen LogP contribution < -0.4 is 5.73 Å². The molecule has 0 aliphatic heterocycles. The van der Waals surface area contributed by atoms with Crippen LogP contribution in [0.1, 0.15) is 24.1 Å². The molecule has 1 aromatic heterocycles. The summed E-state index contributed by atoms with van der Waals surface area (Å²) in [6.07, 6.45) is 4.43. The number of anilines is 1. The zero-order valence-electron chi connectivity index (χ0n) is 12.2. The lowest BCUT2D eigenvalue weighted by atomic mass is 9.97. The fraction of sp³-hybridized carbons (Fsp3) is 0.222. The lowest BCUT2D eigenvalue weighted by Crippen LogP contribution is -2.11. The van der Waals surface area contributed by atoms with Gasteiger partial charge in [-0.15, -0.1) is 0 Å². The van der Waals surface area contributed by atoms with Crippen LogP contribution in [-0.4, -0.2) is 9.97 Å². The van der Waals surface area contributed by atoms with Crippen LogP contribution in [0, 0.1) is 0 Å². The summed E-state index contributed by atoms with van der Waals surface area (Å²) < 4.78 is 0. The molecular formula is C18H17N3S. The van der Waals surface area contributed by atoms with Gasteiger partial charge in [0.15, 0.2) is 5.16 Å². The highest BCUT2D eigenvalue weighted by Gasteiger charge is 2.16. The highest BCUT2D eigenvalue weighted by molar-refractivity contribution is 7.99. The van der Waals surface area contributed by atoms with E-state index >= 15 is 0 Å². The van der Waals surface area contributed by atoms with E-state index in [0.717, 1.165) is 34.2 Å². The minimum absolute atomic E-state index is 0.660. The van der Waals surface area contributed by atoms with Crippen molar-refractivity contribution in [3.63, 3.8) is 0 Å². The molecular weight excluding hydrogens is 290 g/mol. The van der Waals surface area contributed by atoms with E-state index in [9.17, 15) is 0 Å². The van der Waals surface area contributed by atoms with E-state index in [2.05, 4.69) is 47.4 Å². The summed E-state index contributed by atoms with van der Waals surface area (Å²) in [5.74, 6) is 0.660. The molecule has 4 rings (SSSR count). The third kappa shape index (κ3) is 2.55. The normalized spacial score (nSPS) is 14.0. The Morgan fingerprint density at radius 1 is 0.909 bits per heavy atom. The largest absolute Gasteiger partial charge is 0.383 e. The summed E-state index contributed by atoms with van der Waals surface area (Å²) >= 11 is 1.59. The van der Waals surface area contributed by atoms with Gasteiger partial charge >= 0.3 is 0 Å². The van der Waals surface area contributed by atoms with Crippen molar-refractivity contribution in [3.8, 4) is 0 Å². The van der Waals surface area contributed by atoms with Gasteiger partial charge in [-0.2, -0.15) is 0 Å². The first-order valence-corrected chi connectivity index (χ1v) is 8.43. The number of aromatic nitrogens is 2. The predicted octanol–water partition coefficient (Wildman–Crippen LogP) is 4.24. The van der Waals surface area contributed by atoms with Crippen molar-refractivity contribution in [2.45, 2.75) is 35.7 Å². The topological polar surface area (TPSA) is 51.8 Å². The molecule has 3 aromatic rings. The van der Waals surface area contributed by atoms with Gasteiger partial charge in [-0.25, -0.2) is 9.97 Å². The summed E-state index contributed by atoms with van der Waals surface area (Å²) in [5.41, 5.74) is 8.42. The standard InChI is InChI=1S/C18H17N3S/c19-17-15-7-3-4-8-16(15)20-18(21-17)22-14-10-9-12-5-1-2-6-13(12)11-14/h1-2,5-6,9-11H,3-4,7-8H2,(H2,19,20,21). The van der Waals surface area contributed by atoms with E-state index < -0.39 is 0 Å². The number of nitrogens with two attached hydrogens (primary N) is 1. The number of hydrogen-bond donors (Lipinski definition) is 1. The average Bonchev–Trinajstić information content (AvgIpc) is 2.55. The van der Waals surface area contributed by atoms with Crippen molar-refractivity contribution < 1.29 is 0 Å². The molecule has 0 atom stereocenters. The van der Waals surface area contributed by atoms with Crippen molar-refractivity contribution in [1.29, 1.82) is 0 Å². The second kappa shape index (κ2) is 5.61. The summed E-state index contributed by atoms with van der Waals surface area (Å²) in [4.78, 5) is 10.4. The molecule has 4 heteroatoms. The van der Waals surface area contributed by atoms with Gasteiger partial charge in [-0.1, -0.05) is 30.3 Å². The van der Waals surface area contributed by atoms with Gasteiger partial charge in [0.25, 0.3) is 0 Å². The molecule has 0 unspecified atom stereocenters. The van der Waals surface area contributed by atoms with Crippen molar-refractivity contribution in [2.24, 2.45) is 0 Å². The van der Waals surface area contributed by atoms with Gasteiger partial charge in [0.05, 0.1) is 5.69 Å². The Morgan fingerprint density at radius 2 is 1.73 bits per heavy atom. The first-order chi connectivity index (χ1) is 10.8. The molecule has 0 radical (unpaired) electrons. The Hall–Kier alpha value is -2.07. The number of rotatable bonds is 2. The van der Waals surface area contributed by atoms with Gasteiger partial charge in [0.1, 0.15) is 5.82 Å². The Kier molecular flexibility index (Phi) is 3.47. The van der Waals surface area contributed by atoms with Crippen molar-refractivity contribution >= 4 is 28.4 Å². The Morgan fingerprint density at radius 3 is 2.64 bits per heavy atom. The molecule has 0 spiro atoms. The fourth-order valence-corrected chi connectivity index (χ4v) is 3.81. The lowest BCUT2D eigenvalue weighted by Gasteiger charge is -2.16. The third-order valence-electron chi connectivity index (χ3n) is 4.12. The van der Waals surface area contributed by atoms with Gasteiger partial charge in [0, 0.05) is 10.5 Å². The first-order valence-electron chi connectivity index (χ1n) is 7.61. The summed E-state index contributed by atoms with van der Waals surface area (Å²) in [6, 6.07) is 14.8. The Balaban J connectivity index is 1.68. The van der Waals surface area contributed by atoms with Crippen LogP contribution in [0.15, 0.2) is 52.5 Å². The molecule has 110 valence electrons. The van der Waals surface area contributed by atoms with Gasteiger partial charge in [-0.05, 0) is 60.4 Å². The summed E-state index contributed by atoms with van der Waals surface area (Å²) in [5, 5.41) is 3.24. The molecule has 22 heavy (non-hydrogen) atoms. The van der Waals surface area contributed by atoms with Crippen LogP contribution in [0.4, 0.5) is 5.82 Å². The van der Waals surface area contributed by atoms with Crippen LogP contribution in [0.25, 0.3) is 10.8 Å². The van der Waals surface area contributed by atoms with Crippen molar-refractivity contribution in [2.75, 3.05) is 5.73 Å². The van der Waals surface area contributed by atoms with Crippen LogP contribution in [0.5, 0.6) is 0 Å². The first kappa shape index (κ1) is 13.6. The number of aryl methyl sites for hydroxylation is 1. The van der Waals surface area contributed by atoms with Gasteiger partial charge < -0.3 is 5.73 Å². The maximum atomic E-state index is 6.12. The van der Waals surface area contributed by atoms with E-state index in [-0.39, 0.29) is 0 Å². The SMILES string of the molecule is Nc1nc(Sc2ccc3ccccc3c2)nc2c1CCCC2. The Bertz CT molecular complexity index is 845. The predicted molar refractivity (Wildman–Crippen MR) is 91.2 cm³/mol. The average molecular weight is 307 g/mol. The van der Waals surface area contributed by atoms with Crippen LogP contribution in [-0.2, 0) is 12.8 Å². The van der Waals surface area contributed by atoms with Crippen molar-refractivity contribution in [1.82, 2.24) is 9.97 Å². The Labute approximate surface area is 134 Å². The molecule has 0 bridgehead atoms. The highest BCUT2D eigenvalue weighted by atomic mass is 32.2. The molecule has 0 amide bonds. The quantitative estimate of drug-likeness (QED) is 0.719. The molecule has 1 aliphatic rings. The maximum Gasteiger partial charge on any atom is 0.194 e. The minimum atomic E-state index is 0.660. The monoisotopic (exact) mass is 307 g/mol. The molecule has 0 saturated heterocycles. The molecule has 0 fully saturated rings. The minimum Gasteiger partial charge on any atom is -0.383 e. The van der Waals surface area contributed by atoms with Crippen LogP contribution in [0.3, 0.4) is 0 Å². The molecule has 1 heterocycles. The molecule has 1 aliphatic carbocycles. The van der Waals surface area contributed by atoms with Crippen LogP contribution >= 0.6 is 11.8 Å². The van der Waals surface area contributed by atoms with E-state index in [0.29, 0.717) is 5.82 Å². The maximum absolute atomic E-state index is 6.12. The number of nitrogens with zero attached hydrogens (tertiary/aromatic N) is 2. The zero-order chi connectivity index (χ0) is 14.9. The second-order valence-corrected chi connectivity index (χ2v) is 6.68. The van der Waals surface area contributed by atoms with E-state index in [1.165, 1.54) is 23.6 Å². The smallest absolute Gasteiger partial charge is 0.194 e. The highest BCUT2D eigenvalue weighted by Crippen LogP contribution is 2.31. The number of hydrogen-bond acceptors (Lipinski definition) is 4. The number of fused-ring (bicyclic) bond motifs is 2. The zero-order valence-corrected chi connectivity index (χ0v) is 13.1. The molecule has 3 nitrogen and oxygen atoms in total. The summed E-state index contributed by atoms with van der Waals surface area (Å²) in [6.45, 7) is 0. The van der Waals surface area contributed by atoms with Crippen molar-refractivity contribution in [3.05, 3.63) is 53.7 Å². The van der Waals surface area contributed by atoms with Gasteiger partial charge in [-0.3, -0.25) is 0 Å². The van der Waals surface area contributed by atoms with E-state index in [1.54, 1.807) is 11.8 Å². The van der Waals surface area contributed by atoms with E-state index in [4.69, 9.17) is 10.7 Å². The van der Waals surface area contributed by atoms with E-state index in [1.807, 2.05) is 0 Å². The lowest BCUT2D eigenvalue weighted by molar-refractivity contribution is 0.652. The molecule has 2 N–H and O–H groups in total. The fourth-order valence-electron chi connectivity index (χ4n) is 2.98.